The molecule has 1 aliphatic heterocycles. The molecule has 112 valence electrons. The highest BCUT2D eigenvalue weighted by molar-refractivity contribution is 7.99. The first-order valence-corrected chi connectivity index (χ1v) is 8.68. The number of hydrogen-bond donors (Lipinski definition) is 1. The fraction of sp³-hybridized carbons (Fsp3) is 0.647. The predicted octanol–water partition coefficient (Wildman–Crippen LogP) is 4.24. The highest BCUT2D eigenvalue weighted by Gasteiger charge is 2.31. The zero-order valence-corrected chi connectivity index (χ0v) is 13.8. The van der Waals surface area contributed by atoms with E-state index in [1.165, 1.54) is 29.7 Å². The lowest BCUT2D eigenvalue weighted by Crippen LogP contribution is -2.21. The van der Waals surface area contributed by atoms with E-state index in [1.807, 2.05) is 11.8 Å². The van der Waals surface area contributed by atoms with Crippen molar-refractivity contribution in [3.8, 4) is 0 Å². The van der Waals surface area contributed by atoms with Gasteiger partial charge in [-0.1, -0.05) is 19.1 Å². The van der Waals surface area contributed by atoms with Crippen molar-refractivity contribution in [2.24, 2.45) is 0 Å². The third-order valence-corrected chi connectivity index (χ3v) is 4.81. The Balaban J connectivity index is 1.74. The normalized spacial score (nSPS) is 21.2. The number of hydrogen-bond acceptors (Lipinski definition) is 3. The molecule has 1 aromatic rings. The molecule has 0 radical (unpaired) electrons. The lowest BCUT2D eigenvalue weighted by Gasteiger charge is -2.19. The summed E-state index contributed by atoms with van der Waals surface area (Å²) in [5.74, 6) is 1.07. The van der Waals surface area contributed by atoms with Gasteiger partial charge in [-0.25, -0.2) is 0 Å². The van der Waals surface area contributed by atoms with Gasteiger partial charge in [0.15, 0.2) is 0 Å². The number of benzene rings is 1. The van der Waals surface area contributed by atoms with Crippen LogP contribution >= 0.6 is 11.8 Å². The van der Waals surface area contributed by atoms with Crippen LogP contribution in [0.1, 0.15) is 45.6 Å². The number of rotatable bonds is 7. The fourth-order valence-electron chi connectivity index (χ4n) is 2.50. The molecule has 1 aliphatic rings. The maximum atomic E-state index is 6.03. The number of ether oxygens (including phenoxy) is 1. The molecule has 3 heteroatoms. The molecular weight excluding hydrogens is 266 g/mol. The molecule has 0 bridgehead atoms. The Morgan fingerprint density at radius 2 is 2.05 bits per heavy atom. The molecule has 1 fully saturated rings. The summed E-state index contributed by atoms with van der Waals surface area (Å²) in [5.41, 5.74) is 1.45. The Hall–Kier alpha value is -0.510. The van der Waals surface area contributed by atoms with Gasteiger partial charge in [0.25, 0.3) is 0 Å². The Bertz CT molecular complexity index is 402. The van der Waals surface area contributed by atoms with Crippen LogP contribution in [0.15, 0.2) is 29.2 Å². The van der Waals surface area contributed by atoms with Crippen molar-refractivity contribution in [2.45, 2.75) is 63.2 Å². The molecule has 2 nitrogen and oxygen atoms in total. The third-order valence-electron chi connectivity index (χ3n) is 3.67. The van der Waals surface area contributed by atoms with E-state index in [0.29, 0.717) is 6.10 Å². The lowest BCUT2D eigenvalue weighted by molar-refractivity contribution is -0.00466. The minimum Gasteiger partial charge on any atom is -0.371 e. The highest BCUT2D eigenvalue weighted by atomic mass is 32.2. The van der Waals surface area contributed by atoms with E-state index < -0.39 is 0 Å². The number of nitrogens with one attached hydrogen (secondary N) is 1. The molecule has 1 saturated heterocycles. The van der Waals surface area contributed by atoms with E-state index in [9.17, 15) is 0 Å². The van der Waals surface area contributed by atoms with Gasteiger partial charge in [0.1, 0.15) is 0 Å². The zero-order valence-electron chi connectivity index (χ0n) is 12.9. The summed E-state index contributed by atoms with van der Waals surface area (Å²) in [6, 6.07) is 8.91. The van der Waals surface area contributed by atoms with Crippen molar-refractivity contribution < 1.29 is 4.74 Å². The second-order valence-corrected chi connectivity index (χ2v) is 7.26. The SMILES string of the molecule is CCCNCc1ccc(SCC2CCC(C)(C)O2)cc1. The minimum atomic E-state index is 0.0834. The molecule has 1 aromatic carbocycles. The topological polar surface area (TPSA) is 21.3 Å². The van der Waals surface area contributed by atoms with Crippen molar-refractivity contribution in [3.05, 3.63) is 29.8 Å². The van der Waals surface area contributed by atoms with Gasteiger partial charge in [0.2, 0.25) is 0 Å². The summed E-state index contributed by atoms with van der Waals surface area (Å²) in [6.07, 6.45) is 3.98. The molecule has 1 unspecified atom stereocenters. The van der Waals surface area contributed by atoms with E-state index >= 15 is 0 Å². The smallest absolute Gasteiger partial charge is 0.0677 e. The van der Waals surface area contributed by atoms with Crippen LogP contribution in [-0.2, 0) is 11.3 Å². The van der Waals surface area contributed by atoms with E-state index in [4.69, 9.17) is 4.74 Å². The first kappa shape index (κ1) is 15.9. The Morgan fingerprint density at radius 1 is 1.30 bits per heavy atom. The maximum absolute atomic E-state index is 6.03. The van der Waals surface area contributed by atoms with Gasteiger partial charge in [0.05, 0.1) is 11.7 Å². The Morgan fingerprint density at radius 3 is 2.65 bits per heavy atom. The van der Waals surface area contributed by atoms with Gasteiger partial charge >= 0.3 is 0 Å². The summed E-state index contributed by atoms with van der Waals surface area (Å²) in [6.45, 7) is 8.63. The average molecular weight is 293 g/mol. The van der Waals surface area contributed by atoms with Crippen molar-refractivity contribution >= 4 is 11.8 Å². The van der Waals surface area contributed by atoms with Gasteiger partial charge in [0, 0.05) is 17.2 Å². The van der Waals surface area contributed by atoms with Crippen molar-refractivity contribution in [3.63, 3.8) is 0 Å². The predicted molar refractivity (Wildman–Crippen MR) is 87.3 cm³/mol. The molecule has 0 saturated carbocycles. The van der Waals surface area contributed by atoms with Crippen LogP contribution in [0.5, 0.6) is 0 Å². The van der Waals surface area contributed by atoms with Crippen molar-refractivity contribution in [2.75, 3.05) is 12.3 Å². The summed E-state index contributed by atoms with van der Waals surface area (Å²) in [7, 11) is 0. The summed E-state index contributed by atoms with van der Waals surface area (Å²) in [4.78, 5) is 1.34. The zero-order chi connectivity index (χ0) is 14.4. The molecular formula is C17H27NOS. The van der Waals surface area contributed by atoms with Crippen LogP contribution in [0.3, 0.4) is 0 Å². The highest BCUT2D eigenvalue weighted by Crippen LogP contribution is 2.32. The van der Waals surface area contributed by atoms with Crippen LogP contribution in [0.2, 0.25) is 0 Å². The molecule has 0 spiro atoms. The quantitative estimate of drug-likeness (QED) is 0.600. The van der Waals surface area contributed by atoms with Gasteiger partial charge in [-0.05, 0) is 57.4 Å². The first-order chi connectivity index (χ1) is 9.59. The van der Waals surface area contributed by atoms with Crippen LogP contribution in [-0.4, -0.2) is 24.0 Å². The second-order valence-electron chi connectivity index (χ2n) is 6.17. The van der Waals surface area contributed by atoms with Gasteiger partial charge in [-0.15, -0.1) is 11.8 Å². The summed E-state index contributed by atoms with van der Waals surface area (Å²) in [5, 5.41) is 3.43. The molecule has 2 rings (SSSR count). The van der Waals surface area contributed by atoms with Gasteiger partial charge in [-0.2, -0.15) is 0 Å². The average Bonchev–Trinajstić information content (AvgIpc) is 2.78. The largest absolute Gasteiger partial charge is 0.371 e. The van der Waals surface area contributed by atoms with E-state index in [1.54, 1.807) is 0 Å². The maximum Gasteiger partial charge on any atom is 0.0677 e. The molecule has 1 N–H and O–H groups in total. The standard InChI is InChI=1S/C17H27NOS/c1-4-11-18-12-14-5-7-16(8-6-14)20-13-15-9-10-17(2,3)19-15/h5-8,15,18H,4,9-13H2,1-3H3. The Labute approximate surface area is 127 Å². The number of thioether (sulfide) groups is 1. The van der Waals surface area contributed by atoms with Crippen LogP contribution in [0, 0.1) is 0 Å². The summed E-state index contributed by atoms with van der Waals surface area (Å²) < 4.78 is 6.03. The van der Waals surface area contributed by atoms with Crippen LogP contribution < -0.4 is 5.32 Å². The molecule has 0 amide bonds. The van der Waals surface area contributed by atoms with Crippen LogP contribution in [0.25, 0.3) is 0 Å². The molecule has 0 aromatic heterocycles. The fourth-order valence-corrected chi connectivity index (χ4v) is 3.44. The summed E-state index contributed by atoms with van der Waals surface area (Å²) >= 11 is 1.91. The van der Waals surface area contributed by atoms with Gasteiger partial charge in [-0.3, -0.25) is 0 Å². The van der Waals surface area contributed by atoms with Gasteiger partial charge < -0.3 is 10.1 Å². The third kappa shape index (κ3) is 5.12. The van der Waals surface area contributed by atoms with E-state index in [0.717, 1.165) is 18.8 Å². The van der Waals surface area contributed by atoms with E-state index in [2.05, 4.69) is 50.4 Å². The molecule has 1 heterocycles. The first-order valence-electron chi connectivity index (χ1n) is 7.69. The van der Waals surface area contributed by atoms with Crippen molar-refractivity contribution in [1.82, 2.24) is 5.32 Å². The molecule has 20 heavy (non-hydrogen) atoms. The second kappa shape index (κ2) is 7.48. The van der Waals surface area contributed by atoms with E-state index in [-0.39, 0.29) is 5.60 Å². The molecule has 1 atom stereocenters. The monoisotopic (exact) mass is 293 g/mol. The lowest BCUT2D eigenvalue weighted by atomic mass is 10.1. The molecule has 0 aliphatic carbocycles. The van der Waals surface area contributed by atoms with Crippen LogP contribution in [0.4, 0.5) is 0 Å². The minimum absolute atomic E-state index is 0.0834. The Kier molecular flexibility index (Phi) is 5.94. The van der Waals surface area contributed by atoms with Crippen molar-refractivity contribution in [1.29, 1.82) is 0 Å².